The average Bonchev–Trinajstić information content (AvgIpc) is 2.43. The van der Waals surface area contributed by atoms with Crippen molar-refractivity contribution in [2.45, 2.75) is 45.7 Å². The second-order valence-corrected chi connectivity index (χ2v) is 4.59. The van der Waals surface area contributed by atoms with Gasteiger partial charge in [-0.3, -0.25) is 9.69 Å². The van der Waals surface area contributed by atoms with Crippen LogP contribution in [-0.4, -0.2) is 63.4 Å². The minimum atomic E-state index is -0.271. The standard InChI is InChI=1S/C14H30N2O3/c1-6-12(7-2)16(9-10-18-4)11-13(15-8-3)14(17)19-5/h12-13,15H,6-11H2,1-5H3. The van der Waals surface area contributed by atoms with E-state index in [0.29, 0.717) is 19.2 Å². The van der Waals surface area contributed by atoms with Gasteiger partial charge in [0.05, 0.1) is 13.7 Å². The van der Waals surface area contributed by atoms with Gasteiger partial charge in [-0.1, -0.05) is 20.8 Å². The van der Waals surface area contributed by atoms with E-state index in [1.807, 2.05) is 6.92 Å². The van der Waals surface area contributed by atoms with Crippen LogP contribution >= 0.6 is 0 Å². The first-order chi connectivity index (χ1) is 9.14. The molecule has 0 aliphatic rings. The van der Waals surface area contributed by atoms with E-state index < -0.39 is 0 Å². The summed E-state index contributed by atoms with van der Waals surface area (Å²) in [7, 11) is 3.14. The maximum atomic E-state index is 11.8. The van der Waals surface area contributed by atoms with Crippen molar-refractivity contribution in [2.75, 3.05) is 40.5 Å². The molecule has 1 atom stereocenters. The smallest absolute Gasteiger partial charge is 0.324 e. The van der Waals surface area contributed by atoms with Gasteiger partial charge in [-0.15, -0.1) is 0 Å². The van der Waals surface area contributed by atoms with E-state index in [4.69, 9.17) is 9.47 Å². The number of hydrogen-bond donors (Lipinski definition) is 1. The molecule has 0 aromatic heterocycles. The van der Waals surface area contributed by atoms with Crippen LogP contribution in [0.2, 0.25) is 0 Å². The molecular formula is C14H30N2O3. The van der Waals surface area contributed by atoms with Gasteiger partial charge in [-0.05, 0) is 19.4 Å². The largest absolute Gasteiger partial charge is 0.468 e. The number of nitrogens with zero attached hydrogens (tertiary/aromatic N) is 1. The lowest BCUT2D eigenvalue weighted by atomic mass is 10.1. The van der Waals surface area contributed by atoms with Gasteiger partial charge in [0, 0.05) is 26.2 Å². The number of carbonyl (C=O) groups is 1. The van der Waals surface area contributed by atoms with Gasteiger partial charge in [0.2, 0.25) is 0 Å². The monoisotopic (exact) mass is 274 g/mol. The number of rotatable bonds is 11. The summed E-state index contributed by atoms with van der Waals surface area (Å²) in [5.74, 6) is -0.199. The molecule has 0 rings (SSSR count). The van der Waals surface area contributed by atoms with Gasteiger partial charge < -0.3 is 14.8 Å². The van der Waals surface area contributed by atoms with Crippen molar-refractivity contribution in [2.24, 2.45) is 0 Å². The average molecular weight is 274 g/mol. The van der Waals surface area contributed by atoms with E-state index in [1.54, 1.807) is 7.11 Å². The lowest BCUT2D eigenvalue weighted by Gasteiger charge is -2.32. The zero-order chi connectivity index (χ0) is 14.7. The lowest BCUT2D eigenvalue weighted by molar-refractivity contribution is -0.143. The summed E-state index contributed by atoms with van der Waals surface area (Å²) in [6.45, 7) is 9.27. The fourth-order valence-corrected chi connectivity index (χ4v) is 2.28. The van der Waals surface area contributed by atoms with E-state index in [-0.39, 0.29) is 12.0 Å². The van der Waals surface area contributed by atoms with Gasteiger partial charge in [0.1, 0.15) is 6.04 Å². The van der Waals surface area contributed by atoms with Crippen LogP contribution in [0.25, 0.3) is 0 Å². The molecular weight excluding hydrogens is 244 g/mol. The van der Waals surface area contributed by atoms with E-state index in [0.717, 1.165) is 25.9 Å². The second kappa shape index (κ2) is 11.2. The van der Waals surface area contributed by atoms with Crippen LogP contribution < -0.4 is 5.32 Å². The molecule has 0 amide bonds. The Balaban J connectivity index is 4.67. The van der Waals surface area contributed by atoms with E-state index in [1.165, 1.54) is 7.11 Å². The first-order valence-electron chi connectivity index (χ1n) is 7.18. The summed E-state index contributed by atoms with van der Waals surface area (Å²) < 4.78 is 10.0. The highest BCUT2D eigenvalue weighted by molar-refractivity contribution is 5.75. The van der Waals surface area contributed by atoms with Crippen LogP contribution in [0, 0.1) is 0 Å². The molecule has 5 heteroatoms. The molecule has 5 nitrogen and oxygen atoms in total. The molecule has 0 spiro atoms. The molecule has 0 heterocycles. The maximum absolute atomic E-state index is 11.8. The van der Waals surface area contributed by atoms with Crippen LogP contribution in [0.3, 0.4) is 0 Å². The molecule has 0 aliphatic carbocycles. The Morgan fingerprint density at radius 2 is 1.84 bits per heavy atom. The van der Waals surface area contributed by atoms with Crippen molar-refractivity contribution in [3.63, 3.8) is 0 Å². The normalized spacial score (nSPS) is 13.0. The van der Waals surface area contributed by atoms with Crippen molar-refractivity contribution in [3.8, 4) is 0 Å². The molecule has 0 fully saturated rings. The number of hydrogen-bond acceptors (Lipinski definition) is 5. The SMILES string of the molecule is CCNC(CN(CCOC)C(CC)CC)C(=O)OC. The summed E-state index contributed by atoms with van der Waals surface area (Å²) in [5.41, 5.74) is 0. The van der Waals surface area contributed by atoms with E-state index >= 15 is 0 Å². The Morgan fingerprint density at radius 3 is 2.26 bits per heavy atom. The number of nitrogens with one attached hydrogen (secondary N) is 1. The molecule has 0 saturated carbocycles. The van der Waals surface area contributed by atoms with E-state index in [2.05, 4.69) is 24.1 Å². The predicted molar refractivity (Wildman–Crippen MR) is 77.3 cm³/mol. The van der Waals surface area contributed by atoms with Crippen LogP contribution in [0.4, 0.5) is 0 Å². The number of esters is 1. The maximum Gasteiger partial charge on any atom is 0.324 e. The van der Waals surface area contributed by atoms with Gasteiger partial charge in [0.15, 0.2) is 0 Å². The third kappa shape index (κ3) is 6.89. The predicted octanol–water partition coefficient (Wildman–Crippen LogP) is 1.27. The van der Waals surface area contributed by atoms with Crippen LogP contribution in [0.15, 0.2) is 0 Å². The third-order valence-electron chi connectivity index (χ3n) is 3.39. The molecule has 1 unspecified atom stereocenters. The summed E-state index contributed by atoms with van der Waals surface area (Å²) in [6, 6.07) is 0.202. The molecule has 114 valence electrons. The Kier molecular flexibility index (Phi) is 10.8. The molecule has 19 heavy (non-hydrogen) atoms. The first kappa shape index (κ1) is 18.4. The highest BCUT2D eigenvalue weighted by atomic mass is 16.5. The number of carbonyl (C=O) groups excluding carboxylic acids is 1. The molecule has 0 bridgehead atoms. The number of ether oxygens (including phenoxy) is 2. The third-order valence-corrected chi connectivity index (χ3v) is 3.39. The van der Waals surface area contributed by atoms with Crippen molar-refractivity contribution in [1.29, 1.82) is 0 Å². The van der Waals surface area contributed by atoms with Crippen LogP contribution in [0.1, 0.15) is 33.6 Å². The fraction of sp³-hybridized carbons (Fsp3) is 0.929. The molecule has 0 aromatic rings. The molecule has 0 aromatic carbocycles. The summed E-state index contributed by atoms with van der Waals surface area (Å²) in [5, 5.41) is 3.19. The Morgan fingerprint density at radius 1 is 1.21 bits per heavy atom. The van der Waals surface area contributed by atoms with Gasteiger partial charge in [-0.2, -0.15) is 0 Å². The Labute approximate surface area is 117 Å². The van der Waals surface area contributed by atoms with Gasteiger partial charge >= 0.3 is 5.97 Å². The first-order valence-corrected chi connectivity index (χ1v) is 7.18. The molecule has 1 N–H and O–H groups in total. The van der Waals surface area contributed by atoms with Crippen molar-refractivity contribution in [1.82, 2.24) is 10.2 Å². The second-order valence-electron chi connectivity index (χ2n) is 4.59. The lowest BCUT2D eigenvalue weighted by Crippen LogP contribution is -2.50. The summed E-state index contributed by atoms with van der Waals surface area (Å²) >= 11 is 0. The summed E-state index contributed by atoms with van der Waals surface area (Å²) in [6.07, 6.45) is 2.14. The van der Waals surface area contributed by atoms with Crippen molar-refractivity contribution >= 4 is 5.97 Å². The highest BCUT2D eigenvalue weighted by Gasteiger charge is 2.24. The Hall–Kier alpha value is -0.650. The minimum Gasteiger partial charge on any atom is -0.468 e. The van der Waals surface area contributed by atoms with Crippen LogP contribution in [0.5, 0.6) is 0 Å². The van der Waals surface area contributed by atoms with Crippen LogP contribution in [-0.2, 0) is 14.3 Å². The summed E-state index contributed by atoms with van der Waals surface area (Å²) in [4.78, 5) is 14.1. The number of methoxy groups -OCH3 is 2. The Bertz CT molecular complexity index is 233. The topological polar surface area (TPSA) is 50.8 Å². The zero-order valence-corrected chi connectivity index (χ0v) is 13.1. The molecule has 0 aliphatic heterocycles. The van der Waals surface area contributed by atoms with Gasteiger partial charge in [0.25, 0.3) is 0 Å². The quantitative estimate of drug-likeness (QED) is 0.575. The van der Waals surface area contributed by atoms with Crippen molar-refractivity contribution in [3.05, 3.63) is 0 Å². The molecule has 0 radical (unpaired) electrons. The minimum absolute atomic E-state index is 0.199. The van der Waals surface area contributed by atoms with Crippen molar-refractivity contribution < 1.29 is 14.3 Å². The van der Waals surface area contributed by atoms with E-state index in [9.17, 15) is 4.79 Å². The zero-order valence-electron chi connectivity index (χ0n) is 13.1. The number of likely N-dealkylation sites (N-methyl/N-ethyl adjacent to an activating group) is 1. The molecule has 0 saturated heterocycles. The fourth-order valence-electron chi connectivity index (χ4n) is 2.28. The van der Waals surface area contributed by atoms with Gasteiger partial charge in [-0.25, -0.2) is 0 Å². The highest BCUT2D eigenvalue weighted by Crippen LogP contribution is 2.09.